The second-order valence-electron chi connectivity index (χ2n) is 3.21. The Bertz CT molecular complexity index is 207. The van der Waals surface area contributed by atoms with Gasteiger partial charge in [0.25, 0.3) is 0 Å². The topological polar surface area (TPSA) is 38.3 Å². The molecule has 0 spiro atoms. The maximum atomic E-state index is 10.9. The monoisotopic (exact) mass is 197 g/mol. The summed E-state index contributed by atoms with van der Waals surface area (Å²) in [6.07, 6.45) is 9.55. The van der Waals surface area contributed by atoms with E-state index >= 15 is 0 Å². The van der Waals surface area contributed by atoms with E-state index < -0.39 is 0 Å². The molecule has 0 aromatic rings. The maximum Gasteiger partial charge on any atom is 0.334 e. The second-order valence-corrected chi connectivity index (χ2v) is 3.21. The molecule has 0 unspecified atom stereocenters. The summed E-state index contributed by atoms with van der Waals surface area (Å²) in [5, 5.41) is 0. The summed E-state index contributed by atoms with van der Waals surface area (Å²) in [4.78, 5) is 15.7. The summed E-state index contributed by atoms with van der Waals surface area (Å²) in [5.74, 6) is -0.352. The predicted octanol–water partition coefficient (Wildman–Crippen LogP) is 2.56. The van der Waals surface area contributed by atoms with Gasteiger partial charge >= 0.3 is 5.97 Å². The minimum Gasteiger partial charge on any atom is -0.344 e. The molecule has 0 aliphatic rings. The highest BCUT2D eigenvalue weighted by Crippen LogP contribution is 1.93. The van der Waals surface area contributed by atoms with Gasteiger partial charge in [-0.05, 0) is 12.8 Å². The van der Waals surface area contributed by atoms with E-state index in [4.69, 9.17) is 4.84 Å². The Morgan fingerprint density at radius 3 is 2.64 bits per heavy atom. The quantitative estimate of drug-likeness (QED) is 0.525. The molecule has 0 aromatic carbocycles. The molecule has 0 rings (SSSR count). The number of nitrogens with one attached hydrogen (secondary N) is 1. The summed E-state index contributed by atoms with van der Waals surface area (Å²) in [6.45, 7) is 5.66. The molecule has 0 bridgehead atoms. The van der Waals surface area contributed by atoms with Gasteiger partial charge in [0, 0.05) is 6.20 Å². The van der Waals surface area contributed by atoms with Crippen LogP contribution >= 0.6 is 0 Å². The first kappa shape index (κ1) is 12.8. The van der Waals surface area contributed by atoms with Crippen molar-refractivity contribution in [3.63, 3.8) is 0 Å². The van der Waals surface area contributed by atoms with Crippen molar-refractivity contribution in [2.45, 2.75) is 33.6 Å². The van der Waals surface area contributed by atoms with Gasteiger partial charge in [-0.25, -0.2) is 10.3 Å². The van der Waals surface area contributed by atoms with Crippen molar-refractivity contribution in [1.82, 2.24) is 5.48 Å². The molecule has 14 heavy (non-hydrogen) atoms. The molecule has 3 heteroatoms. The lowest BCUT2D eigenvalue weighted by Crippen LogP contribution is -2.18. The second kappa shape index (κ2) is 8.35. The van der Waals surface area contributed by atoms with E-state index in [9.17, 15) is 4.79 Å². The van der Waals surface area contributed by atoms with Crippen LogP contribution in [-0.2, 0) is 9.63 Å². The Hall–Kier alpha value is -1.25. The Morgan fingerprint density at radius 1 is 1.36 bits per heavy atom. The third-order valence-electron chi connectivity index (χ3n) is 1.49. The number of hydrogen-bond acceptors (Lipinski definition) is 3. The Morgan fingerprint density at radius 2 is 2.07 bits per heavy atom. The van der Waals surface area contributed by atoms with Crippen molar-refractivity contribution in [2.24, 2.45) is 5.92 Å². The normalized spacial score (nSPS) is 11.4. The van der Waals surface area contributed by atoms with E-state index in [1.807, 2.05) is 6.08 Å². The zero-order chi connectivity index (χ0) is 10.8. The summed E-state index contributed by atoms with van der Waals surface area (Å²) in [6, 6.07) is 0. The first-order chi connectivity index (χ1) is 6.68. The third-order valence-corrected chi connectivity index (χ3v) is 1.49. The molecule has 80 valence electrons. The lowest BCUT2D eigenvalue weighted by Gasteiger charge is -2.03. The minimum atomic E-state index is -0.251. The molecule has 0 fully saturated rings. The summed E-state index contributed by atoms with van der Waals surface area (Å²) in [7, 11) is 0. The zero-order valence-corrected chi connectivity index (χ0v) is 9.12. The van der Waals surface area contributed by atoms with Gasteiger partial charge in [0.05, 0.1) is 5.92 Å². The lowest BCUT2D eigenvalue weighted by atomic mass is 10.2. The fraction of sp³-hybridized carbons (Fsp3) is 0.545. The first-order valence-corrected chi connectivity index (χ1v) is 4.94. The first-order valence-electron chi connectivity index (χ1n) is 4.94. The van der Waals surface area contributed by atoms with Gasteiger partial charge in [-0.3, -0.25) is 0 Å². The van der Waals surface area contributed by atoms with E-state index in [1.165, 1.54) is 0 Å². The molecule has 3 nitrogen and oxygen atoms in total. The van der Waals surface area contributed by atoms with Gasteiger partial charge in [-0.2, -0.15) is 0 Å². The number of carbonyl (C=O) groups excluding carboxylic acids is 1. The molecule has 0 heterocycles. The number of carbonyl (C=O) groups is 1. The highest BCUT2D eigenvalue weighted by Gasteiger charge is 2.06. The van der Waals surface area contributed by atoms with Gasteiger partial charge in [0.1, 0.15) is 0 Å². The van der Waals surface area contributed by atoms with E-state index in [0.717, 1.165) is 12.8 Å². The van der Waals surface area contributed by atoms with E-state index in [1.54, 1.807) is 20.0 Å². The fourth-order valence-corrected chi connectivity index (χ4v) is 0.668. The van der Waals surface area contributed by atoms with Crippen LogP contribution in [-0.4, -0.2) is 5.97 Å². The average molecular weight is 197 g/mol. The molecule has 0 aromatic heterocycles. The fourth-order valence-electron chi connectivity index (χ4n) is 0.668. The standard InChI is InChI=1S/C11H19NO2/c1-4-5-6-7-8-9-12-14-11(13)10(2)3/h5-6,8-10,12H,4,7H2,1-3H3/b6-5-,9-8-. The Kier molecular flexibility index (Phi) is 7.61. The molecular weight excluding hydrogens is 178 g/mol. The zero-order valence-electron chi connectivity index (χ0n) is 9.12. The molecular formula is C11H19NO2. The lowest BCUT2D eigenvalue weighted by molar-refractivity contribution is -0.152. The summed E-state index contributed by atoms with van der Waals surface area (Å²) >= 11 is 0. The number of hydroxylamine groups is 1. The maximum absolute atomic E-state index is 10.9. The van der Waals surface area contributed by atoms with Crippen molar-refractivity contribution in [3.05, 3.63) is 24.4 Å². The van der Waals surface area contributed by atoms with Crippen LogP contribution in [0.25, 0.3) is 0 Å². The molecule has 0 saturated carbocycles. The number of rotatable bonds is 6. The summed E-state index contributed by atoms with van der Waals surface area (Å²) in [5.41, 5.74) is 2.48. The molecule has 0 saturated heterocycles. The SMILES string of the molecule is CC/C=C\C/C=C\NOC(=O)C(C)C. The molecule has 0 aliphatic heterocycles. The highest BCUT2D eigenvalue weighted by atomic mass is 16.7. The van der Waals surface area contributed by atoms with Crippen molar-refractivity contribution in [1.29, 1.82) is 0 Å². The van der Waals surface area contributed by atoms with E-state index in [-0.39, 0.29) is 11.9 Å². The molecule has 0 radical (unpaired) electrons. The minimum absolute atomic E-state index is 0.101. The van der Waals surface area contributed by atoms with Gasteiger partial charge < -0.3 is 4.84 Å². The number of hydrogen-bond donors (Lipinski definition) is 1. The van der Waals surface area contributed by atoms with Crippen LogP contribution in [0.2, 0.25) is 0 Å². The van der Waals surface area contributed by atoms with Crippen molar-refractivity contribution in [2.75, 3.05) is 0 Å². The number of allylic oxidation sites excluding steroid dienone is 3. The van der Waals surface area contributed by atoms with Crippen molar-refractivity contribution in [3.8, 4) is 0 Å². The van der Waals surface area contributed by atoms with E-state index in [2.05, 4.69) is 24.6 Å². The van der Waals surface area contributed by atoms with Crippen LogP contribution in [0.1, 0.15) is 33.6 Å². The van der Waals surface area contributed by atoms with Crippen molar-refractivity contribution >= 4 is 5.97 Å². The van der Waals surface area contributed by atoms with Gasteiger partial charge in [-0.15, -0.1) is 0 Å². The molecule has 0 atom stereocenters. The van der Waals surface area contributed by atoms with Crippen molar-refractivity contribution < 1.29 is 9.63 Å². The van der Waals surface area contributed by atoms with Gasteiger partial charge in [0.15, 0.2) is 0 Å². The predicted molar refractivity (Wildman–Crippen MR) is 57.3 cm³/mol. The van der Waals surface area contributed by atoms with Crippen LogP contribution in [0.15, 0.2) is 24.4 Å². The third kappa shape index (κ3) is 7.40. The van der Waals surface area contributed by atoms with Crippen LogP contribution in [0, 0.1) is 5.92 Å². The average Bonchev–Trinajstić information content (AvgIpc) is 2.16. The Labute approximate surface area is 85.8 Å². The highest BCUT2D eigenvalue weighted by molar-refractivity contribution is 5.71. The van der Waals surface area contributed by atoms with Gasteiger partial charge in [0.2, 0.25) is 0 Å². The van der Waals surface area contributed by atoms with Crippen LogP contribution in [0.4, 0.5) is 0 Å². The smallest absolute Gasteiger partial charge is 0.334 e. The largest absolute Gasteiger partial charge is 0.344 e. The van der Waals surface area contributed by atoms with Crippen LogP contribution in [0.5, 0.6) is 0 Å². The van der Waals surface area contributed by atoms with Crippen LogP contribution in [0.3, 0.4) is 0 Å². The molecule has 1 N–H and O–H groups in total. The van der Waals surface area contributed by atoms with E-state index in [0.29, 0.717) is 0 Å². The Balaban J connectivity index is 3.44. The van der Waals surface area contributed by atoms with Gasteiger partial charge in [-0.1, -0.05) is 39.0 Å². The van der Waals surface area contributed by atoms with Crippen LogP contribution < -0.4 is 5.48 Å². The molecule has 0 amide bonds. The summed E-state index contributed by atoms with van der Waals surface area (Å²) < 4.78 is 0. The molecule has 0 aliphatic carbocycles.